The Morgan fingerprint density at radius 3 is 2.50 bits per heavy atom. The minimum Gasteiger partial charge on any atom is -0.211 e. The van der Waals surface area contributed by atoms with Crippen LogP contribution in [-0.4, -0.2) is 12.1 Å². The van der Waals surface area contributed by atoms with Crippen molar-refractivity contribution < 1.29 is 4.79 Å². The molecule has 80 valence electrons. The van der Waals surface area contributed by atoms with Gasteiger partial charge in [-0.2, -0.15) is 0 Å². The zero-order chi connectivity index (χ0) is 10.2. The van der Waals surface area contributed by atoms with E-state index in [1.807, 2.05) is 0 Å². The summed E-state index contributed by atoms with van der Waals surface area (Å²) in [4.78, 5) is 13.9. The van der Waals surface area contributed by atoms with Gasteiger partial charge in [-0.3, -0.25) is 0 Å². The van der Waals surface area contributed by atoms with Gasteiger partial charge in [0, 0.05) is 0 Å². The summed E-state index contributed by atoms with van der Waals surface area (Å²) in [5.41, 5.74) is 0. The first kappa shape index (κ1) is 11.5. The predicted molar refractivity (Wildman–Crippen MR) is 58.0 cm³/mol. The minimum absolute atomic E-state index is 0.287. The van der Waals surface area contributed by atoms with Gasteiger partial charge in [0.25, 0.3) is 0 Å². The van der Waals surface area contributed by atoms with Crippen molar-refractivity contribution in [3.05, 3.63) is 0 Å². The van der Waals surface area contributed by atoms with Gasteiger partial charge in [-0.05, 0) is 31.6 Å². The zero-order valence-electron chi connectivity index (χ0n) is 9.17. The van der Waals surface area contributed by atoms with Gasteiger partial charge in [-0.25, -0.2) is 9.79 Å². The predicted octanol–water partition coefficient (Wildman–Crippen LogP) is 3.46. The van der Waals surface area contributed by atoms with Crippen molar-refractivity contribution in [3.63, 3.8) is 0 Å². The van der Waals surface area contributed by atoms with Crippen molar-refractivity contribution in [3.8, 4) is 0 Å². The quantitative estimate of drug-likeness (QED) is 0.375. The highest BCUT2D eigenvalue weighted by atomic mass is 16.1. The molecule has 0 atom stereocenters. The summed E-state index contributed by atoms with van der Waals surface area (Å²) in [5.74, 6) is 0.902. The van der Waals surface area contributed by atoms with Crippen LogP contribution >= 0.6 is 0 Å². The maximum atomic E-state index is 10.1. The fourth-order valence-electron chi connectivity index (χ4n) is 2.32. The molecule has 0 saturated heterocycles. The number of carbonyl (C=O) groups excluding carboxylic acids is 1. The molecule has 0 aromatic heterocycles. The van der Waals surface area contributed by atoms with Crippen LogP contribution in [0.2, 0.25) is 0 Å². The molecule has 1 saturated carbocycles. The third kappa shape index (κ3) is 4.06. The largest absolute Gasteiger partial charge is 0.235 e. The van der Waals surface area contributed by atoms with Gasteiger partial charge in [0.2, 0.25) is 6.08 Å². The number of isocyanates is 1. The van der Waals surface area contributed by atoms with Gasteiger partial charge in [-0.15, -0.1) is 0 Å². The first-order valence-electron chi connectivity index (χ1n) is 5.93. The minimum atomic E-state index is 0.287. The van der Waals surface area contributed by atoms with E-state index in [9.17, 15) is 4.79 Å². The van der Waals surface area contributed by atoms with Gasteiger partial charge < -0.3 is 0 Å². The first-order valence-corrected chi connectivity index (χ1v) is 5.93. The second kappa shape index (κ2) is 6.78. The number of unbranched alkanes of at least 4 members (excludes halogenated alkanes) is 2. The molecule has 0 heterocycles. The smallest absolute Gasteiger partial charge is 0.211 e. The molecule has 1 rings (SSSR count). The molecule has 0 spiro atoms. The Hall–Kier alpha value is -0.620. The van der Waals surface area contributed by atoms with Crippen LogP contribution in [0, 0.1) is 5.92 Å². The summed E-state index contributed by atoms with van der Waals surface area (Å²) in [6, 6.07) is 0.287. The van der Waals surface area contributed by atoms with E-state index in [0.29, 0.717) is 0 Å². The molecular weight excluding hydrogens is 174 g/mol. The Bertz CT molecular complexity index is 188. The molecule has 0 aromatic rings. The lowest BCUT2D eigenvalue weighted by atomic mass is 9.83. The Balaban J connectivity index is 2.12. The number of hydrogen-bond acceptors (Lipinski definition) is 2. The van der Waals surface area contributed by atoms with Crippen LogP contribution in [0.5, 0.6) is 0 Å². The molecule has 0 unspecified atom stereocenters. The summed E-state index contributed by atoms with van der Waals surface area (Å²) in [7, 11) is 0. The number of aliphatic imine (C=N–C) groups is 1. The summed E-state index contributed by atoms with van der Waals surface area (Å²) in [6.45, 7) is 2.25. The molecule has 1 fully saturated rings. The van der Waals surface area contributed by atoms with Crippen molar-refractivity contribution >= 4 is 6.08 Å². The van der Waals surface area contributed by atoms with E-state index in [4.69, 9.17) is 0 Å². The average molecular weight is 195 g/mol. The van der Waals surface area contributed by atoms with E-state index in [1.165, 1.54) is 38.5 Å². The molecule has 0 aromatic carbocycles. The van der Waals surface area contributed by atoms with Gasteiger partial charge in [0.05, 0.1) is 6.04 Å². The Kier molecular flexibility index (Phi) is 5.55. The maximum absolute atomic E-state index is 10.1. The first-order chi connectivity index (χ1) is 6.86. The van der Waals surface area contributed by atoms with Gasteiger partial charge >= 0.3 is 0 Å². The van der Waals surface area contributed by atoms with E-state index in [2.05, 4.69) is 11.9 Å². The molecule has 0 aliphatic heterocycles. The number of nitrogens with zero attached hydrogens (tertiary/aromatic N) is 1. The van der Waals surface area contributed by atoms with Crippen LogP contribution in [0.15, 0.2) is 4.99 Å². The molecule has 0 radical (unpaired) electrons. The van der Waals surface area contributed by atoms with E-state index < -0.39 is 0 Å². The second-order valence-corrected chi connectivity index (χ2v) is 4.39. The van der Waals surface area contributed by atoms with Crippen molar-refractivity contribution in [1.29, 1.82) is 0 Å². The fraction of sp³-hybridized carbons (Fsp3) is 0.917. The lowest BCUT2D eigenvalue weighted by molar-refractivity contribution is 0.304. The molecule has 1 aliphatic carbocycles. The molecule has 0 N–H and O–H groups in total. The fourth-order valence-corrected chi connectivity index (χ4v) is 2.32. The molecular formula is C12H21NO. The highest BCUT2D eigenvalue weighted by Gasteiger charge is 2.19. The number of rotatable bonds is 5. The maximum Gasteiger partial charge on any atom is 0.235 e. The molecule has 14 heavy (non-hydrogen) atoms. The second-order valence-electron chi connectivity index (χ2n) is 4.39. The molecule has 2 heteroatoms. The van der Waals surface area contributed by atoms with Crippen LogP contribution in [0.3, 0.4) is 0 Å². The van der Waals surface area contributed by atoms with Crippen LogP contribution in [0.1, 0.15) is 58.3 Å². The van der Waals surface area contributed by atoms with Gasteiger partial charge in [0.1, 0.15) is 0 Å². The van der Waals surface area contributed by atoms with Crippen molar-refractivity contribution in [2.24, 2.45) is 10.9 Å². The third-order valence-electron chi connectivity index (χ3n) is 3.27. The van der Waals surface area contributed by atoms with E-state index >= 15 is 0 Å². The average Bonchev–Trinajstić information content (AvgIpc) is 2.21. The Morgan fingerprint density at radius 1 is 1.21 bits per heavy atom. The summed E-state index contributed by atoms with van der Waals surface area (Å²) >= 11 is 0. The third-order valence-corrected chi connectivity index (χ3v) is 3.27. The lowest BCUT2D eigenvalue weighted by Gasteiger charge is -2.25. The van der Waals surface area contributed by atoms with Gasteiger partial charge in [-0.1, -0.05) is 32.6 Å². The van der Waals surface area contributed by atoms with E-state index in [1.54, 1.807) is 6.08 Å². The highest BCUT2D eigenvalue weighted by Crippen LogP contribution is 2.29. The van der Waals surface area contributed by atoms with Crippen molar-refractivity contribution in [2.75, 3.05) is 0 Å². The Labute approximate surface area is 86.8 Å². The summed E-state index contributed by atoms with van der Waals surface area (Å²) < 4.78 is 0. The summed E-state index contributed by atoms with van der Waals surface area (Å²) in [5, 5.41) is 0. The SMILES string of the molecule is CCCCCC1CCC(N=C=O)CC1. The normalized spacial score (nSPS) is 26.9. The standard InChI is InChI=1S/C12H21NO/c1-2-3-4-5-11-6-8-12(9-7-11)13-10-14/h11-12H,2-9H2,1H3. The van der Waals surface area contributed by atoms with Crippen LogP contribution in [0.25, 0.3) is 0 Å². The molecule has 1 aliphatic rings. The van der Waals surface area contributed by atoms with Crippen LogP contribution < -0.4 is 0 Å². The number of hydrogen-bond donors (Lipinski definition) is 0. The van der Waals surface area contributed by atoms with Crippen LogP contribution in [-0.2, 0) is 4.79 Å². The van der Waals surface area contributed by atoms with Crippen molar-refractivity contribution in [2.45, 2.75) is 64.3 Å². The molecule has 2 nitrogen and oxygen atoms in total. The molecule has 0 bridgehead atoms. The van der Waals surface area contributed by atoms with Crippen LogP contribution in [0.4, 0.5) is 0 Å². The van der Waals surface area contributed by atoms with E-state index in [0.717, 1.165) is 18.8 Å². The Morgan fingerprint density at radius 2 is 1.93 bits per heavy atom. The van der Waals surface area contributed by atoms with Gasteiger partial charge in [0.15, 0.2) is 0 Å². The molecule has 0 amide bonds. The zero-order valence-corrected chi connectivity index (χ0v) is 9.17. The highest BCUT2D eigenvalue weighted by molar-refractivity contribution is 5.33. The monoisotopic (exact) mass is 195 g/mol. The lowest BCUT2D eigenvalue weighted by Crippen LogP contribution is -2.16. The summed E-state index contributed by atoms with van der Waals surface area (Å²) in [6.07, 6.45) is 11.8. The van der Waals surface area contributed by atoms with Crippen molar-refractivity contribution in [1.82, 2.24) is 0 Å². The topological polar surface area (TPSA) is 29.4 Å². The van der Waals surface area contributed by atoms with E-state index in [-0.39, 0.29) is 6.04 Å².